The Kier molecular flexibility index (Phi) is 1.38. The van der Waals surface area contributed by atoms with Gasteiger partial charge in [0, 0.05) is 11.6 Å². The van der Waals surface area contributed by atoms with E-state index < -0.39 is 0 Å². The molecule has 0 fully saturated rings. The minimum atomic E-state index is 0.747. The number of rotatable bonds is 2. The first-order valence-electron chi connectivity index (χ1n) is 4.22. The molecule has 0 radical (unpaired) electrons. The SMILES string of the molecule is CCCC1c2ccc(N)cc21. The molecule has 0 heterocycles. The Morgan fingerprint density at radius 1 is 1.36 bits per heavy atom. The quantitative estimate of drug-likeness (QED) is 0.639. The summed E-state index contributed by atoms with van der Waals surface area (Å²) in [5, 5.41) is 0. The van der Waals surface area contributed by atoms with Gasteiger partial charge in [-0.2, -0.15) is 0 Å². The number of hydrogen-bond donors (Lipinski definition) is 1. The Hall–Kier alpha value is -0.980. The van der Waals surface area contributed by atoms with Crippen LogP contribution in [0.1, 0.15) is 36.8 Å². The van der Waals surface area contributed by atoms with Crippen molar-refractivity contribution in [1.82, 2.24) is 0 Å². The Morgan fingerprint density at radius 2 is 2.18 bits per heavy atom. The lowest BCUT2D eigenvalue weighted by atomic mass is 10.2. The van der Waals surface area contributed by atoms with E-state index in [9.17, 15) is 0 Å². The summed E-state index contributed by atoms with van der Waals surface area (Å²) in [5.74, 6) is 0.747. The second-order valence-corrected chi connectivity index (χ2v) is 3.23. The molecule has 0 aliphatic heterocycles. The molecule has 2 N–H and O–H groups in total. The second kappa shape index (κ2) is 2.26. The summed E-state index contributed by atoms with van der Waals surface area (Å²) >= 11 is 0. The van der Waals surface area contributed by atoms with Crippen molar-refractivity contribution in [2.24, 2.45) is 0 Å². The van der Waals surface area contributed by atoms with Crippen LogP contribution in [-0.4, -0.2) is 0 Å². The summed E-state index contributed by atoms with van der Waals surface area (Å²) in [4.78, 5) is 0. The molecule has 1 aromatic rings. The molecule has 1 heteroatoms. The molecule has 0 aromatic heterocycles. The first-order chi connectivity index (χ1) is 5.33. The third-order valence-corrected chi connectivity index (χ3v) is 2.36. The van der Waals surface area contributed by atoms with Crippen molar-refractivity contribution in [2.45, 2.75) is 25.7 Å². The van der Waals surface area contributed by atoms with Gasteiger partial charge in [-0.3, -0.25) is 0 Å². The summed E-state index contributed by atoms with van der Waals surface area (Å²) < 4.78 is 0. The molecule has 58 valence electrons. The first kappa shape index (κ1) is 6.71. The summed E-state index contributed by atoms with van der Waals surface area (Å²) in [6, 6.07) is 6.26. The smallest absolute Gasteiger partial charge is 0.0317 e. The van der Waals surface area contributed by atoms with Crippen LogP contribution in [0.25, 0.3) is 0 Å². The molecule has 0 saturated carbocycles. The van der Waals surface area contributed by atoms with Crippen molar-refractivity contribution < 1.29 is 0 Å². The van der Waals surface area contributed by atoms with Gasteiger partial charge in [-0.1, -0.05) is 19.4 Å². The van der Waals surface area contributed by atoms with Crippen LogP contribution in [-0.2, 0) is 0 Å². The second-order valence-electron chi connectivity index (χ2n) is 3.23. The zero-order valence-electron chi connectivity index (χ0n) is 6.80. The number of anilines is 1. The Morgan fingerprint density at radius 3 is 2.82 bits per heavy atom. The summed E-state index contributed by atoms with van der Waals surface area (Å²) in [7, 11) is 0. The summed E-state index contributed by atoms with van der Waals surface area (Å²) in [5.41, 5.74) is 9.55. The lowest BCUT2D eigenvalue weighted by Gasteiger charge is -1.87. The van der Waals surface area contributed by atoms with Gasteiger partial charge in [0.15, 0.2) is 0 Å². The Bertz CT molecular complexity index is 278. The van der Waals surface area contributed by atoms with Gasteiger partial charge >= 0.3 is 0 Å². The fourth-order valence-corrected chi connectivity index (χ4v) is 1.72. The molecule has 1 atom stereocenters. The molecule has 0 spiro atoms. The molecule has 1 aromatic carbocycles. The van der Waals surface area contributed by atoms with Gasteiger partial charge in [0.25, 0.3) is 0 Å². The molecular formula is C10H13N. The van der Waals surface area contributed by atoms with Crippen molar-refractivity contribution in [3.63, 3.8) is 0 Å². The minimum absolute atomic E-state index is 0.747. The van der Waals surface area contributed by atoms with Crippen LogP contribution < -0.4 is 5.73 Å². The number of benzene rings is 1. The highest BCUT2D eigenvalue weighted by molar-refractivity contribution is 5.59. The molecule has 0 bridgehead atoms. The van der Waals surface area contributed by atoms with Crippen LogP contribution in [0.4, 0.5) is 5.69 Å². The third kappa shape index (κ3) is 1.01. The minimum Gasteiger partial charge on any atom is -0.399 e. The molecule has 0 saturated heterocycles. The maximum atomic E-state index is 5.65. The maximum Gasteiger partial charge on any atom is 0.0317 e. The van der Waals surface area contributed by atoms with Gasteiger partial charge in [-0.05, 0) is 29.7 Å². The normalized spacial score (nSPS) is 19.5. The predicted octanol–water partition coefficient (Wildman–Crippen LogP) is 2.51. The van der Waals surface area contributed by atoms with Crippen LogP contribution in [0.5, 0.6) is 0 Å². The molecular weight excluding hydrogens is 134 g/mol. The highest BCUT2D eigenvalue weighted by atomic mass is 14.6. The molecule has 2 rings (SSSR count). The molecule has 1 aliphatic rings. The molecule has 11 heavy (non-hydrogen) atoms. The summed E-state index contributed by atoms with van der Waals surface area (Å²) in [6.45, 7) is 2.22. The van der Waals surface area contributed by atoms with Crippen molar-refractivity contribution in [2.75, 3.05) is 5.73 Å². The zero-order valence-corrected chi connectivity index (χ0v) is 6.80. The fourth-order valence-electron chi connectivity index (χ4n) is 1.72. The van der Waals surface area contributed by atoms with E-state index in [2.05, 4.69) is 19.1 Å². The van der Waals surface area contributed by atoms with Gasteiger partial charge in [-0.15, -0.1) is 0 Å². The molecule has 1 nitrogen and oxygen atoms in total. The van der Waals surface area contributed by atoms with Gasteiger partial charge in [0.1, 0.15) is 0 Å². The highest BCUT2D eigenvalue weighted by Gasteiger charge is 2.30. The predicted molar refractivity (Wildman–Crippen MR) is 47.6 cm³/mol. The van der Waals surface area contributed by atoms with Crippen molar-refractivity contribution in [3.05, 3.63) is 29.3 Å². The van der Waals surface area contributed by atoms with E-state index >= 15 is 0 Å². The highest BCUT2D eigenvalue weighted by Crippen LogP contribution is 2.47. The topological polar surface area (TPSA) is 26.0 Å². The van der Waals surface area contributed by atoms with E-state index in [0.717, 1.165) is 11.6 Å². The van der Waals surface area contributed by atoms with E-state index in [1.54, 1.807) is 0 Å². The number of nitrogen functional groups attached to an aromatic ring is 1. The molecule has 1 unspecified atom stereocenters. The van der Waals surface area contributed by atoms with Crippen LogP contribution in [0.15, 0.2) is 18.2 Å². The summed E-state index contributed by atoms with van der Waals surface area (Å²) in [6.07, 6.45) is 2.55. The zero-order chi connectivity index (χ0) is 7.84. The lowest BCUT2D eigenvalue weighted by molar-refractivity contribution is 0.783. The van der Waals surface area contributed by atoms with Gasteiger partial charge in [-0.25, -0.2) is 0 Å². The molecule has 0 amide bonds. The fraction of sp³-hybridized carbons (Fsp3) is 0.400. The largest absolute Gasteiger partial charge is 0.399 e. The van der Waals surface area contributed by atoms with Crippen molar-refractivity contribution >= 4 is 5.69 Å². The number of hydrogen-bond acceptors (Lipinski definition) is 1. The van der Waals surface area contributed by atoms with E-state index in [-0.39, 0.29) is 0 Å². The Labute approximate surface area is 67.2 Å². The van der Waals surface area contributed by atoms with Gasteiger partial charge in [0.2, 0.25) is 0 Å². The van der Waals surface area contributed by atoms with E-state index in [1.807, 2.05) is 6.07 Å². The maximum absolute atomic E-state index is 5.65. The van der Waals surface area contributed by atoms with Crippen LogP contribution in [0.2, 0.25) is 0 Å². The first-order valence-corrected chi connectivity index (χ1v) is 4.22. The number of fused-ring (bicyclic) bond motifs is 1. The monoisotopic (exact) mass is 147 g/mol. The average molecular weight is 147 g/mol. The van der Waals surface area contributed by atoms with Crippen LogP contribution in [0, 0.1) is 0 Å². The number of nitrogens with two attached hydrogens (primary N) is 1. The van der Waals surface area contributed by atoms with Crippen LogP contribution in [0.3, 0.4) is 0 Å². The standard InChI is InChI=1S/C10H13N/c1-2-3-8-9-5-4-7(11)6-10(8)9/h4-6,8H,2-3,11H2,1H3. The van der Waals surface area contributed by atoms with Gasteiger partial charge in [0.05, 0.1) is 0 Å². The van der Waals surface area contributed by atoms with Crippen LogP contribution >= 0.6 is 0 Å². The third-order valence-electron chi connectivity index (χ3n) is 2.36. The van der Waals surface area contributed by atoms with Crippen molar-refractivity contribution in [1.29, 1.82) is 0 Å². The van der Waals surface area contributed by atoms with E-state index in [1.165, 1.54) is 24.0 Å². The van der Waals surface area contributed by atoms with E-state index in [4.69, 9.17) is 5.73 Å². The van der Waals surface area contributed by atoms with Crippen molar-refractivity contribution in [3.8, 4) is 0 Å². The van der Waals surface area contributed by atoms with Gasteiger partial charge < -0.3 is 5.73 Å². The average Bonchev–Trinajstić information content (AvgIpc) is 2.64. The lowest BCUT2D eigenvalue weighted by Crippen LogP contribution is -1.79. The Balaban J connectivity index is 2.18. The molecule has 1 aliphatic carbocycles. The van der Waals surface area contributed by atoms with E-state index in [0.29, 0.717) is 0 Å².